The molecule has 196 valence electrons. The number of H-pyrrole nitrogens is 1. The number of amides is 1. The molecule has 10 nitrogen and oxygen atoms in total. The summed E-state index contributed by atoms with van der Waals surface area (Å²) in [6.07, 6.45) is -3.16. The zero-order chi connectivity index (χ0) is 26.2. The van der Waals surface area contributed by atoms with Crippen LogP contribution in [0.2, 0.25) is 5.02 Å². The van der Waals surface area contributed by atoms with Gasteiger partial charge in [-0.15, -0.1) is 0 Å². The number of hydrogen-bond donors (Lipinski definition) is 1. The van der Waals surface area contributed by atoms with Gasteiger partial charge < -0.3 is 19.4 Å². The smallest absolute Gasteiger partial charge is 0.374 e. The Morgan fingerprint density at radius 2 is 1.81 bits per heavy atom. The maximum Gasteiger partial charge on any atom is 0.419 e. The molecule has 3 aromatic rings. The van der Waals surface area contributed by atoms with Crippen LogP contribution in [-0.4, -0.2) is 83.0 Å². The molecule has 2 aliphatic rings. The second-order valence-electron chi connectivity index (χ2n) is 8.85. The highest BCUT2D eigenvalue weighted by molar-refractivity contribution is 6.31. The number of benzene rings is 1. The van der Waals surface area contributed by atoms with E-state index in [-0.39, 0.29) is 29.9 Å². The standard InChI is InChI=1S/C23H23ClF3N7O3/c24-15-1-2-17-18(9-15)21(36)31-30-20(17)34-7-8-37-16(13-34)10-19(35)32-3-5-33(6-4-32)22-28-11-14(12-29-22)23(25,26)27/h1-2,9,11-12,16H,3-8,10,13H2,(H,31,36)/t16-/m0/s1. The Bertz CT molecular complexity index is 1340. The summed E-state index contributed by atoms with van der Waals surface area (Å²) in [5.74, 6) is 0.719. The Hall–Kier alpha value is -3.45. The zero-order valence-corrected chi connectivity index (χ0v) is 20.3. The molecule has 1 aromatic carbocycles. The van der Waals surface area contributed by atoms with Crippen LogP contribution < -0.4 is 15.4 Å². The van der Waals surface area contributed by atoms with Crippen LogP contribution in [0.5, 0.6) is 0 Å². The van der Waals surface area contributed by atoms with Crippen LogP contribution in [0.1, 0.15) is 12.0 Å². The molecule has 1 atom stereocenters. The number of alkyl halides is 3. The summed E-state index contributed by atoms with van der Waals surface area (Å²) in [5, 5.41) is 8.30. The van der Waals surface area contributed by atoms with E-state index in [1.54, 1.807) is 28.0 Å². The van der Waals surface area contributed by atoms with Crippen LogP contribution in [0.15, 0.2) is 35.4 Å². The second kappa shape index (κ2) is 10.1. The number of ether oxygens (including phenoxy) is 1. The first-order valence-corrected chi connectivity index (χ1v) is 12.0. The number of aromatic amines is 1. The summed E-state index contributed by atoms with van der Waals surface area (Å²) < 4.78 is 44.1. The van der Waals surface area contributed by atoms with Crippen molar-refractivity contribution in [3.63, 3.8) is 0 Å². The van der Waals surface area contributed by atoms with Gasteiger partial charge in [-0.3, -0.25) is 9.59 Å². The largest absolute Gasteiger partial charge is 0.419 e. The monoisotopic (exact) mass is 537 g/mol. The number of piperazine rings is 1. The van der Waals surface area contributed by atoms with Gasteiger partial charge in [-0.1, -0.05) is 11.6 Å². The molecule has 37 heavy (non-hydrogen) atoms. The van der Waals surface area contributed by atoms with Gasteiger partial charge in [0.2, 0.25) is 11.9 Å². The van der Waals surface area contributed by atoms with Gasteiger partial charge in [-0.2, -0.15) is 18.3 Å². The minimum atomic E-state index is -4.49. The molecule has 14 heteroatoms. The van der Waals surface area contributed by atoms with E-state index >= 15 is 0 Å². The van der Waals surface area contributed by atoms with Crippen LogP contribution in [-0.2, 0) is 15.7 Å². The van der Waals surface area contributed by atoms with E-state index in [9.17, 15) is 22.8 Å². The van der Waals surface area contributed by atoms with E-state index in [0.717, 1.165) is 12.4 Å². The van der Waals surface area contributed by atoms with Crippen molar-refractivity contribution in [2.24, 2.45) is 0 Å². The third-order valence-electron chi connectivity index (χ3n) is 6.45. The van der Waals surface area contributed by atoms with E-state index in [0.29, 0.717) is 67.5 Å². The van der Waals surface area contributed by atoms with Crippen molar-refractivity contribution in [2.45, 2.75) is 18.7 Å². The Balaban J connectivity index is 1.19. The Morgan fingerprint density at radius 3 is 2.51 bits per heavy atom. The molecule has 0 bridgehead atoms. The third kappa shape index (κ3) is 5.47. The lowest BCUT2D eigenvalue weighted by Crippen LogP contribution is -2.51. The van der Waals surface area contributed by atoms with Crippen LogP contribution in [0, 0.1) is 0 Å². The number of aromatic nitrogens is 4. The highest BCUT2D eigenvalue weighted by Gasteiger charge is 2.32. The van der Waals surface area contributed by atoms with Gasteiger partial charge in [0, 0.05) is 62.1 Å². The first kappa shape index (κ1) is 25.2. The number of fused-ring (bicyclic) bond motifs is 1. The molecule has 2 aliphatic heterocycles. The van der Waals surface area contributed by atoms with Crippen molar-refractivity contribution >= 4 is 40.0 Å². The average molecular weight is 538 g/mol. The lowest BCUT2D eigenvalue weighted by Gasteiger charge is -2.37. The molecule has 2 saturated heterocycles. The van der Waals surface area contributed by atoms with Gasteiger partial charge in [0.15, 0.2) is 5.82 Å². The van der Waals surface area contributed by atoms with Crippen molar-refractivity contribution in [1.29, 1.82) is 0 Å². The highest BCUT2D eigenvalue weighted by Crippen LogP contribution is 2.29. The number of nitrogens with zero attached hydrogens (tertiary/aromatic N) is 6. The fourth-order valence-electron chi connectivity index (χ4n) is 4.51. The molecule has 0 saturated carbocycles. The van der Waals surface area contributed by atoms with Crippen molar-refractivity contribution in [3.8, 4) is 0 Å². The fourth-order valence-corrected chi connectivity index (χ4v) is 4.68. The lowest BCUT2D eigenvalue weighted by atomic mass is 10.1. The summed E-state index contributed by atoms with van der Waals surface area (Å²) in [5.41, 5.74) is -1.23. The van der Waals surface area contributed by atoms with E-state index in [2.05, 4.69) is 20.2 Å². The molecule has 0 aliphatic carbocycles. The van der Waals surface area contributed by atoms with Gasteiger partial charge in [-0.25, -0.2) is 15.1 Å². The molecule has 1 N–H and O–H groups in total. The number of rotatable bonds is 4. The molecule has 2 fully saturated rings. The Morgan fingerprint density at radius 1 is 1.08 bits per heavy atom. The maximum absolute atomic E-state index is 13.0. The number of morpholine rings is 1. The summed E-state index contributed by atoms with van der Waals surface area (Å²) in [6.45, 7) is 2.97. The first-order valence-electron chi connectivity index (χ1n) is 11.7. The molecule has 5 rings (SSSR count). The highest BCUT2D eigenvalue weighted by atomic mass is 35.5. The molecule has 0 radical (unpaired) electrons. The van der Waals surface area contributed by atoms with Crippen LogP contribution in [0.3, 0.4) is 0 Å². The summed E-state index contributed by atoms with van der Waals surface area (Å²) >= 11 is 6.05. The summed E-state index contributed by atoms with van der Waals surface area (Å²) in [6, 6.07) is 5.05. The first-order chi connectivity index (χ1) is 17.7. The van der Waals surface area contributed by atoms with Crippen LogP contribution >= 0.6 is 11.6 Å². The average Bonchev–Trinajstić information content (AvgIpc) is 2.89. The number of carbonyl (C=O) groups excluding carboxylic acids is 1. The SMILES string of the molecule is O=C(C[C@H]1CN(c2n[nH]c(=O)c3cc(Cl)ccc23)CCO1)N1CCN(c2ncc(C(F)(F)F)cn2)CC1. The number of nitrogens with one attached hydrogen (secondary N) is 1. The predicted octanol–water partition coefficient (Wildman–Crippen LogP) is 2.33. The van der Waals surface area contributed by atoms with E-state index in [1.165, 1.54) is 0 Å². The Kier molecular flexibility index (Phi) is 6.90. The Labute approximate surface area is 214 Å². The van der Waals surface area contributed by atoms with Crippen LogP contribution in [0.25, 0.3) is 10.8 Å². The minimum Gasteiger partial charge on any atom is -0.374 e. The number of carbonyl (C=O) groups is 1. The fraction of sp³-hybridized carbons (Fsp3) is 0.435. The van der Waals surface area contributed by atoms with Crippen molar-refractivity contribution in [2.75, 3.05) is 55.7 Å². The van der Waals surface area contributed by atoms with Crippen LogP contribution in [0.4, 0.5) is 24.9 Å². The minimum absolute atomic E-state index is 0.0779. The van der Waals surface area contributed by atoms with Gasteiger partial charge in [0.1, 0.15) is 0 Å². The molecular formula is C23H23ClF3N7O3. The molecule has 4 heterocycles. The van der Waals surface area contributed by atoms with Crippen molar-refractivity contribution in [1.82, 2.24) is 25.1 Å². The van der Waals surface area contributed by atoms with Gasteiger partial charge in [0.05, 0.1) is 30.1 Å². The summed E-state index contributed by atoms with van der Waals surface area (Å²) in [4.78, 5) is 38.3. The lowest BCUT2D eigenvalue weighted by molar-refractivity contribution is -0.138. The normalized spacial score (nSPS) is 18.9. The molecule has 1 amide bonds. The zero-order valence-electron chi connectivity index (χ0n) is 19.5. The van der Waals surface area contributed by atoms with E-state index < -0.39 is 11.7 Å². The molecule has 0 unspecified atom stereocenters. The van der Waals surface area contributed by atoms with Crippen molar-refractivity contribution < 1.29 is 22.7 Å². The summed E-state index contributed by atoms with van der Waals surface area (Å²) in [7, 11) is 0. The van der Waals surface area contributed by atoms with Gasteiger partial charge in [-0.05, 0) is 18.2 Å². The number of anilines is 2. The predicted molar refractivity (Wildman–Crippen MR) is 130 cm³/mol. The maximum atomic E-state index is 13.0. The topological polar surface area (TPSA) is 108 Å². The molecule has 2 aromatic heterocycles. The number of halogens is 4. The van der Waals surface area contributed by atoms with Gasteiger partial charge in [0.25, 0.3) is 5.56 Å². The quantitative estimate of drug-likeness (QED) is 0.540. The van der Waals surface area contributed by atoms with Crippen molar-refractivity contribution in [3.05, 3.63) is 51.5 Å². The van der Waals surface area contributed by atoms with E-state index in [4.69, 9.17) is 16.3 Å². The third-order valence-corrected chi connectivity index (χ3v) is 6.69. The van der Waals surface area contributed by atoms with Gasteiger partial charge >= 0.3 is 6.18 Å². The number of hydrogen-bond acceptors (Lipinski definition) is 8. The molecular weight excluding hydrogens is 515 g/mol. The second-order valence-corrected chi connectivity index (χ2v) is 9.28. The van der Waals surface area contributed by atoms with E-state index in [1.807, 2.05) is 4.90 Å². The molecule has 0 spiro atoms.